The van der Waals surface area contributed by atoms with E-state index in [1.165, 1.54) is 0 Å². The monoisotopic (exact) mass is 300 g/mol. The number of carbonyl (C=O) groups excluding carboxylic acids is 1. The van der Waals surface area contributed by atoms with Crippen molar-refractivity contribution in [2.24, 2.45) is 0 Å². The van der Waals surface area contributed by atoms with Crippen LogP contribution in [0.3, 0.4) is 0 Å². The van der Waals surface area contributed by atoms with Gasteiger partial charge in [0.1, 0.15) is 12.4 Å². The van der Waals surface area contributed by atoms with Crippen molar-refractivity contribution in [3.8, 4) is 5.75 Å². The lowest BCUT2D eigenvalue weighted by Crippen LogP contribution is -2.41. The highest BCUT2D eigenvalue weighted by atomic mass is 35.5. The summed E-state index contributed by atoms with van der Waals surface area (Å²) in [5.74, 6) is 0.704. The zero-order valence-corrected chi connectivity index (χ0v) is 12.3. The highest BCUT2D eigenvalue weighted by Crippen LogP contribution is 2.14. The number of aliphatic hydroxyl groups excluding tert-OH is 1. The van der Waals surface area contributed by atoms with Gasteiger partial charge in [-0.1, -0.05) is 24.9 Å². The molecule has 1 aromatic rings. The van der Waals surface area contributed by atoms with E-state index in [1.807, 2.05) is 6.92 Å². The van der Waals surface area contributed by atoms with Crippen LogP contribution in [0.2, 0.25) is 5.02 Å². The molecule has 0 aliphatic carbocycles. The van der Waals surface area contributed by atoms with Crippen LogP contribution in [-0.2, 0) is 0 Å². The first-order valence-electron chi connectivity index (χ1n) is 6.70. The molecule has 112 valence electrons. The molecule has 0 saturated heterocycles. The number of benzene rings is 1. The Morgan fingerprint density at radius 2 is 2.05 bits per heavy atom. The van der Waals surface area contributed by atoms with Crippen LogP contribution >= 0.6 is 11.6 Å². The van der Waals surface area contributed by atoms with Gasteiger partial charge in [0.25, 0.3) is 0 Å². The summed E-state index contributed by atoms with van der Waals surface area (Å²) in [6.45, 7) is 3.00. The number of aliphatic hydroxyl groups is 1. The van der Waals surface area contributed by atoms with E-state index in [0.717, 1.165) is 6.42 Å². The average Bonchev–Trinajstić information content (AvgIpc) is 2.43. The standard InChI is InChI=1S/C14H21ClN2O3/c1-2-3-12(18)10-17-14(19)16-8-9-20-13-6-4-11(15)5-7-13/h4-7,12,18H,2-3,8-10H2,1H3,(H2,16,17,19). The van der Waals surface area contributed by atoms with Crippen molar-refractivity contribution in [1.82, 2.24) is 10.6 Å². The second-order valence-electron chi connectivity index (χ2n) is 4.38. The van der Waals surface area contributed by atoms with Crippen LogP contribution in [0.1, 0.15) is 19.8 Å². The van der Waals surface area contributed by atoms with Gasteiger partial charge in [-0.25, -0.2) is 4.79 Å². The summed E-state index contributed by atoms with van der Waals surface area (Å²) >= 11 is 5.76. The number of urea groups is 1. The Morgan fingerprint density at radius 3 is 2.70 bits per heavy atom. The lowest BCUT2D eigenvalue weighted by molar-refractivity contribution is 0.160. The minimum absolute atomic E-state index is 0.262. The van der Waals surface area contributed by atoms with Crippen LogP contribution in [0.5, 0.6) is 5.75 Å². The van der Waals surface area contributed by atoms with E-state index in [1.54, 1.807) is 24.3 Å². The molecule has 0 spiro atoms. The van der Waals surface area contributed by atoms with Crippen molar-refractivity contribution in [1.29, 1.82) is 0 Å². The second kappa shape index (κ2) is 9.44. The Balaban J connectivity index is 2.08. The maximum atomic E-state index is 11.4. The number of carbonyl (C=O) groups is 1. The van der Waals surface area contributed by atoms with Crippen LogP contribution in [0.25, 0.3) is 0 Å². The first-order valence-corrected chi connectivity index (χ1v) is 7.07. The fraction of sp³-hybridized carbons (Fsp3) is 0.500. The van der Waals surface area contributed by atoms with E-state index in [9.17, 15) is 9.90 Å². The maximum absolute atomic E-state index is 11.4. The molecule has 1 unspecified atom stereocenters. The van der Waals surface area contributed by atoms with Crippen molar-refractivity contribution >= 4 is 17.6 Å². The molecule has 0 bridgehead atoms. The molecule has 1 atom stereocenters. The molecular formula is C14H21ClN2O3. The van der Waals surface area contributed by atoms with E-state index >= 15 is 0 Å². The molecule has 0 heterocycles. The smallest absolute Gasteiger partial charge is 0.315 e. The van der Waals surface area contributed by atoms with E-state index < -0.39 is 6.10 Å². The van der Waals surface area contributed by atoms with Crippen LogP contribution < -0.4 is 15.4 Å². The first-order chi connectivity index (χ1) is 9.61. The van der Waals surface area contributed by atoms with Gasteiger partial charge in [0, 0.05) is 11.6 Å². The molecule has 3 N–H and O–H groups in total. The highest BCUT2D eigenvalue weighted by Gasteiger charge is 2.05. The average molecular weight is 301 g/mol. The summed E-state index contributed by atoms with van der Waals surface area (Å²) in [5.41, 5.74) is 0. The van der Waals surface area contributed by atoms with E-state index in [4.69, 9.17) is 16.3 Å². The zero-order chi connectivity index (χ0) is 14.8. The Morgan fingerprint density at radius 1 is 1.35 bits per heavy atom. The van der Waals surface area contributed by atoms with Crippen LogP contribution in [-0.4, -0.2) is 36.9 Å². The van der Waals surface area contributed by atoms with Crippen LogP contribution in [0.15, 0.2) is 24.3 Å². The number of rotatable bonds is 8. The number of hydrogen-bond acceptors (Lipinski definition) is 3. The Bertz CT molecular complexity index is 398. The second-order valence-corrected chi connectivity index (χ2v) is 4.82. The predicted octanol–water partition coefficient (Wildman–Crippen LogP) is 2.18. The minimum Gasteiger partial charge on any atom is -0.492 e. The van der Waals surface area contributed by atoms with Crippen LogP contribution in [0, 0.1) is 0 Å². The number of ether oxygens (including phenoxy) is 1. The van der Waals surface area contributed by atoms with E-state index in [-0.39, 0.29) is 12.6 Å². The Hall–Kier alpha value is -1.46. The molecule has 0 aromatic heterocycles. The Kier molecular flexibility index (Phi) is 7.84. The largest absolute Gasteiger partial charge is 0.492 e. The molecule has 0 fully saturated rings. The molecule has 2 amide bonds. The lowest BCUT2D eigenvalue weighted by Gasteiger charge is -2.12. The van der Waals surface area contributed by atoms with Crippen molar-refractivity contribution in [3.63, 3.8) is 0 Å². The van der Waals surface area contributed by atoms with Gasteiger partial charge in [0.15, 0.2) is 0 Å². The maximum Gasteiger partial charge on any atom is 0.315 e. The molecule has 0 aliphatic heterocycles. The molecule has 5 nitrogen and oxygen atoms in total. The molecule has 6 heteroatoms. The summed E-state index contributed by atoms with van der Waals surface area (Å²) in [4.78, 5) is 11.4. The van der Waals surface area contributed by atoms with E-state index in [0.29, 0.717) is 30.3 Å². The van der Waals surface area contributed by atoms with Crippen molar-refractivity contribution in [3.05, 3.63) is 29.3 Å². The van der Waals surface area contributed by atoms with Crippen molar-refractivity contribution in [2.45, 2.75) is 25.9 Å². The molecule has 0 radical (unpaired) electrons. The van der Waals surface area contributed by atoms with Crippen LogP contribution in [0.4, 0.5) is 4.79 Å². The fourth-order valence-electron chi connectivity index (χ4n) is 1.57. The van der Waals surface area contributed by atoms with E-state index in [2.05, 4.69) is 10.6 Å². The quantitative estimate of drug-likeness (QED) is 0.644. The van der Waals surface area contributed by atoms with Gasteiger partial charge in [-0.2, -0.15) is 0 Å². The number of nitrogens with one attached hydrogen (secondary N) is 2. The number of halogens is 1. The third-order valence-corrected chi connectivity index (χ3v) is 2.84. The normalized spacial score (nSPS) is 11.8. The lowest BCUT2D eigenvalue weighted by atomic mass is 10.2. The molecule has 0 saturated carbocycles. The summed E-state index contributed by atoms with van der Waals surface area (Å²) in [6, 6.07) is 6.71. The first kappa shape index (κ1) is 16.6. The van der Waals surface area contributed by atoms with Gasteiger partial charge in [-0.05, 0) is 30.7 Å². The molecule has 0 aliphatic rings. The zero-order valence-electron chi connectivity index (χ0n) is 11.6. The summed E-state index contributed by atoms with van der Waals surface area (Å²) < 4.78 is 5.43. The summed E-state index contributed by atoms with van der Waals surface area (Å²) in [5, 5.41) is 15.4. The highest BCUT2D eigenvalue weighted by molar-refractivity contribution is 6.30. The Labute approximate surface area is 124 Å². The van der Waals surface area contributed by atoms with Crippen molar-refractivity contribution < 1.29 is 14.6 Å². The predicted molar refractivity (Wildman–Crippen MR) is 79.3 cm³/mol. The SMILES string of the molecule is CCCC(O)CNC(=O)NCCOc1ccc(Cl)cc1. The van der Waals surface area contributed by atoms with Gasteiger partial charge in [-0.3, -0.25) is 0 Å². The molecule has 1 rings (SSSR count). The summed E-state index contributed by atoms with van der Waals surface area (Å²) in [7, 11) is 0. The topological polar surface area (TPSA) is 70.6 Å². The molecular weight excluding hydrogens is 280 g/mol. The third kappa shape index (κ3) is 7.21. The van der Waals surface area contributed by atoms with Gasteiger partial charge in [0.05, 0.1) is 12.6 Å². The molecule has 20 heavy (non-hydrogen) atoms. The number of hydrogen-bond donors (Lipinski definition) is 3. The summed E-state index contributed by atoms with van der Waals surface area (Å²) in [6.07, 6.45) is 1.08. The van der Waals surface area contributed by atoms with Gasteiger partial charge in [-0.15, -0.1) is 0 Å². The third-order valence-electron chi connectivity index (χ3n) is 2.59. The van der Waals surface area contributed by atoms with Gasteiger partial charge in [0.2, 0.25) is 0 Å². The van der Waals surface area contributed by atoms with Gasteiger partial charge < -0.3 is 20.5 Å². The van der Waals surface area contributed by atoms with Gasteiger partial charge >= 0.3 is 6.03 Å². The minimum atomic E-state index is -0.490. The number of amides is 2. The fourth-order valence-corrected chi connectivity index (χ4v) is 1.70. The van der Waals surface area contributed by atoms with Crippen molar-refractivity contribution in [2.75, 3.05) is 19.7 Å². The molecule has 1 aromatic carbocycles.